The van der Waals surface area contributed by atoms with Crippen molar-refractivity contribution in [1.82, 2.24) is 19.9 Å². The predicted molar refractivity (Wildman–Crippen MR) is 145 cm³/mol. The molecule has 1 aliphatic heterocycles. The molecule has 1 aliphatic rings. The van der Waals surface area contributed by atoms with Gasteiger partial charge in [-0.2, -0.15) is 0 Å². The van der Waals surface area contributed by atoms with E-state index in [0.29, 0.717) is 44.5 Å². The first-order valence-electron chi connectivity index (χ1n) is 11.7. The van der Waals surface area contributed by atoms with Crippen LogP contribution in [0.1, 0.15) is 19.4 Å². The minimum Gasteiger partial charge on any atom is -0.392 e. The molecule has 2 aromatic carbocycles. The highest BCUT2D eigenvalue weighted by Gasteiger charge is 2.23. The summed E-state index contributed by atoms with van der Waals surface area (Å²) < 4.78 is 1.33. The van der Waals surface area contributed by atoms with Gasteiger partial charge in [0.2, 0.25) is 0 Å². The average molecular weight is 525 g/mol. The first-order chi connectivity index (χ1) is 17.3. The molecule has 2 atom stereocenters. The second-order valence-corrected chi connectivity index (χ2v) is 9.89. The van der Waals surface area contributed by atoms with E-state index in [4.69, 9.17) is 23.2 Å². The summed E-state index contributed by atoms with van der Waals surface area (Å²) in [5.74, 6) is 0.531. The third-order valence-corrected chi connectivity index (χ3v) is 6.85. The number of aliphatic hydroxyl groups is 1. The highest BCUT2D eigenvalue weighted by atomic mass is 35.5. The number of nitrogens with zero attached hydrogens (tertiary/aromatic N) is 4. The zero-order chi connectivity index (χ0) is 25.4. The van der Waals surface area contributed by atoms with E-state index in [2.05, 4.69) is 39.3 Å². The van der Waals surface area contributed by atoms with Crippen LogP contribution in [0.3, 0.4) is 0 Å². The van der Waals surface area contributed by atoms with Crippen molar-refractivity contribution in [3.63, 3.8) is 0 Å². The summed E-state index contributed by atoms with van der Waals surface area (Å²) in [7, 11) is 0. The van der Waals surface area contributed by atoms with Gasteiger partial charge in [0.15, 0.2) is 0 Å². The smallest absolute Gasteiger partial charge is 0.267 e. The van der Waals surface area contributed by atoms with E-state index >= 15 is 0 Å². The summed E-state index contributed by atoms with van der Waals surface area (Å²) in [4.78, 5) is 24.3. The van der Waals surface area contributed by atoms with Crippen LogP contribution in [-0.2, 0) is 6.61 Å². The van der Waals surface area contributed by atoms with Gasteiger partial charge in [-0.3, -0.25) is 9.36 Å². The van der Waals surface area contributed by atoms with Crippen molar-refractivity contribution >= 4 is 51.3 Å². The number of anilines is 3. The molecule has 5 rings (SSSR count). The summed E-state index contributed by atoms with van der Waals surface area (Å²) in [5.41, 5.74) is 3.18. The third kappa shape index (κ3) is 4.77. The number of aromatic nitrogens is 3. The van der Waals surface area contributed by atoms with Gasteiger partial charge in [-0.05, 0) is 44.2 Å². The van der Waals surface area contributed by atoms with Crippen molar-refractivity contribution in [1.29, 1.82) is 0 Å². The molecule has 186 valence electrons. The fourth-order valence-corrected chi connectivity index (χ4v) is 5.31. The molecule has 1 saturated heterocycles. The predicted octanol–water partition coefficient (Wildman–Crippen LogP) is 4.51. The maximum Gasteiger partial charge on any atom is 0.267 e. The van der Waals surface area contributed by atoms with E-state index < -0.39 is 0 Å². The SMILES string of the molecule is C[C@@H]1CN(c2ccc(Nc3cc4ncn(-c5c(Cl)cccc5Cl)c(=O)c4cn3)cc2CO)C[C@H](C)N1. The number of benzene rings is 2. The molecule has 4 aromatic rings. The number of piperazine rings is 1. The van der Waals surface area contributed by atoms with Gasteiger partial charge in [0.1, 0.15) is 12.1 Å². The van der Waals surface area contributed by atoms with E-state index in [1.807, 2.05) is 18.2 Å². The third-order valence-electron chi connectivity index (χ3n) is 6.24. The van der Waals surface area contributed by atoms with E-state index in [0.717, 1.165) is 30.0 Å². The summed E-state index contributed by atoms with van der Waals surface area (Å²) >= 11 is 12.6. The van der Waals surface area contributed by atoms with Gasteiger partial charge in [0.05, 0.1) is 33.2 Å². The van der Waals surface area contributed by atoms with Gasteiger partial charge in [-0.1, -0.05) is 29.3 Å². The van der Waals surface area contributed by atoms with Crippen molar-refractivity contribution in [2.24, 2.45) is 0 Å². The largest absolute Gasteiger partial charge is 0.392 e. The Kier molecular flexibility index (Phi) is 6.85. The number of fused-ring (bicyclic) bond motifs is 1. The number of pyridine rings is 1. The Bertz CT molecular complexity index is 1460. The molecule has 3 N–H and O–H groups in total. The number of halogens is 2. The molecule has 0 bridgehead atoms. The standard InChI is InChI=1S/C26H26Cl2N6O2/c1-15-11-33(12-16(2)31-15)23-7-6-18(8-17(23)13-35)32-24-9-22-19(10-29-24)26(36)34(14-30-22)25-20(27)4-3-5-21(25)28/h3-10,14-16,31,35H,11-13H2,1-2H3,(H,29,32)/t15-,16+. The van der Waals surface area contributed by atoms with Crippen molar-refractivity contribution in [3.8, 4) is 5.69 Å². The lowest BCUT2D eigenvalue weighted by molar-refractivity contribution is 0.281. The molecule has 3 heterocycles. The van der Waals surface area contributed by atoms with Crippen molar-refractivity contribution in [2.75, 3.05) is 23.3 Å². The summed E-state index contributed by atoms with van der Waals surface area (Å²) in [6.07, 6.45) is 2.90. The van der Waals surface area contributed by atoms with Gasteiger partial charge in [-0.25, -0.2) is 9.97 Å². The van der Waals surface area contributed by atoms with Gasteiger partial charge >= 0.3 is 0 Å². The molecule has 36 heavy (non-hydrogen) atoms. The lowest BCUT2D eigenvalue weighted by Gasteiger charge is -2.38. The number of hydrogen-bond acceptors (Lipinski definition) is 7. The van der Waals surface area contributed by atoms with Crippen LogP contribution in [-0.4, -0.2) is 44.8 Å². The summed E-state index contributed by atoms with van der Waals surface area (Å²) in [6, 6.07) is 13.4. The van der Waals surface area contributed by atoms with Crippen LogP contribution in [0.2, 0.25) is 10.0 Å². The first-order valence-corrected chi connectivity index (χ1v) is 12.4. The van der Waals surface area contributed by atoms with Crippen LogP contribution in [0.25, 0.3) is 16.6 Å². The molecule has 0 saturated carbocycles. The number of nitrogens with one attached hydrogen (secondary N) is 2. The number of para-hydroxylation sites is 1. The molecular weight excluding hydrogens is 499 g/mol. The zero-order valence-electron chi connectivity index (χ0n) is 19.9. The van der Waals surface area contributed by atoms with Gasteiger partial charge in [0.25, 0.3) is 5.56 Å². The molecule has 0 aliphatic carbocycles. The Morgan fingerprint density at radius 1 is 1.08 bits per heavy atom. The zero-order valence-corrected chi connectivity index (χ0v) is 21.4. The van der Waals surface area contributed by atoms with Crippen LogP contribution in [0, 0.1) is 0 Å². The molecule has 0 radical (unpaired) electrons. The van der Waals surface area contributed by atoms with E-state index in [1.54, 1.807) is 24.3 Å². The minimum atomic E-state index is -0.319. The Labute approximate surface area is 218 Å². The van der Waals surface area contributed by atoms with Gasteiger partial charge < -0.3 is 20.6 Å². The number of rotatable bonds is 5. The van der Waals surface area contributed by atoms with E-state index in [1.165, 1.54) is 17.1 Å². The van der Waals surface area contributed by atoms with Crippen LogP contribution in [0.5, 0.6) is 0 Å². The van der Waals surface area contributed by atoms with Gasteiger partial charge in [0, 0.05) is 54.4 Å². The Balaban J connectivity index is 1.43. The second kappa shape index (κ2) is 10.1. The molecular formula is C26H26Cl2N6O2. The van der Waals surface area contributed by atoms with Crippen LogP contribution in [0.4, 0.5) is 17.2 Å². The Morgan fingerprint density at radius 3 is 2.50 bits per heavy atom. The molecule has 2 aromatic heterocycles. The monoisotopic (exact) mass is 524 g/mol. The minimum absolute atomic E-state index is 0.0750. The highest BCUT2D eigenvalue weighted by Crippen LogP contribution is 2.29. The second-order valence-electron chi connectivity index (χ2n) is 9.08. The average Bonchev–Trinajstić information content (AvgIpc) is 2.84. The van der Waals surface area contributed by atoms with Crippen molar-refractivity contribution in [2.45, 2.75) is 32.5 Å². The maximum atomic E-state index is 13.1. The fraction of sp³-hybridized carbons (Fsp3) is 0.269. The molecule has 0 unspecified atom stereocenters. The number of hydrogen-bond donors (Lipinski definition) is 3. The lowest BCUT2D eigenvalue weighted by atomic mass is 10.1. The molecule has 8 nitrogen and oxygen atoms in total. The summed E-state index contributed by atoms with van der Waals surface area (Å²) in [5, 5.41) is 17.9. The number of aliphatic hydroxyl groups excluding tert-OH is 1. The molecule has 0 spiro atoms. The van der Waals surface area contributed by atoms with E-state index in [9.17, 15) is 9.90 Å². The maximum absolute atomic E-state index is 13.1. The molecule has 1 fully saturated rings. The first kappa shape index (κ1) is 24.5. The van der Waals surface area contributed by atoms with Gasteiger partial charge in [-0.15, -0.1) is 0 Å². The topological polar surface area (TPSA) is 95.3 Å². The Morgan fingerprint density at radius 2 is 1.81 bits per heavy atom. The molecule has 10 heteroatoms. The highest BCUT2D eigenvalue weighted by molar-refractivity contribution is 6.37. The van der Waals surface area contributed by atoms with Crippen molar-refractivity contribution in [3.05, 3.63) is 81.0 Å². The Hall–Kier alpha value is -3.17. The van der Waals surface area contributed by atoms with Crippen LogP contribution >= 0.6 is 23.2 Å². The summed E-state index contributed by atoms with van der Waals surface area (Å²) in [6.45, 7) is 6.00. The molecule has 0 amide bonds. The fourth-order valence-electron chi connectivity index (χ4n) is 4.74. The van der Waals surface area contributed by atoms with Crippen molar-refractivity contribution < 1.29 is 5.11 Å². The van der Waals surface area contributed by atoms with Crippen LogP contribution < -0.4 is 21.1 Å². The van der Waals surface area contributed by atoms with E-state index in [-0.39, 0.29) is 12.2 Å². The van der Waals surface area contributed by atoms with Crippen LogP contribution in [0.15, 0.2) is 59.8 Å². The quantitative estimate of drug-likeness (QED) is 0.353. The lowest BCUT2D eigenvalue weighted by Crippen LogP contribution is -2.54. The normalized spacial score (nSPS) is 18.0.